The Kier molecular flexibility index (Phi) is 4.58. The van der Waals surface area contributed by atoms with Crippen molar-refractivity contribution >= 4 is 6.09 Å². The first-order chi connectivity index (χ1) is 8.79. The van der Waals surface area contributed by atoms with E-state index in [-0.39, 0.29) is 6.09 Å². The number of ether oxygens (including phenoxy) is 1. The van der Waals surface area contributed by atoms with Gasteiger partial charge >= 0.3 is 6.09 Å². The second kappa shape index (κ2) is 6.39. The molecular weight excluding hydrogens is 232 g/mol. The summed E-state index contributed by atoms with van der Waals surface area (Å²) in [5.41, 5.74) is 0. The number of H-pyrrole nitrogens is 1. The summed E-state index contributed by atoms with van der Waals surface area (Å²) >= 11 is 0. The molecule has 100 valence electrons. The minimum atomic E-state index is -0.201. The van der Waals surface area contributed by atoms with Crippen LogP contribution in [0.4, 0.5) is 4.79 Å². The summed E-state index contributed by atoms with van der Waals surface area (Å²) < 4.78 is 4.98. The van der Waals surface area contributed by atoms with Crippen molar-refractivity contribution in [1.29, 1.82) is 0 Å². The normalized spacial score (nSPS) is 19.2. The minimum absolute atomic E-state index is 0.201. The van der Waals surface area contributed by atoms with Crippen LogP contribution in [0.25, 0.3) is 0 Å². The largest absolute Gasteiger partial charge is 0.450 e. The molecule has 1 aliphatic heterocycles. The molecule has 0 aliphatic carbocycles. The van der Waals surface area contributed by atoms with Crippen molar-refractivity contribution < 1.29 is 9.53 Å². The van der Waals surface area contributed by atoms with E-state index in [1.807, 2.05) is 13.1 Å². The fourth-order valence-corrected chi connectivity index (χ4v) is 2.14. The van der Waals surface area contributed by atoms with E-state index < -0.39 is 0 Å². The lowest BCUT2D eigenvalue weighted by Gasteiger charge is -2.16. The van der Waals surface area contributed by atoms with Crippen LogP contribution < -0.4 is 5.32 Å². The number of hydrogen-bond acceptors (Lipinski definition) is 4. The summed E-state index contributed by atoms with van der Waals surface area (Å²) in [7, 11) is 0. The molecule has 2 rings (SSSR count). The van der Waals surface area contributed by atoms with Crippen LogP contribution in [-0.4, -0.2) is 53.2 Å². The van der Waals surface area contributed by atoms with Crippen LogP contribution in [0.3, 0.4) is 0 Å². The maximum absolute atomic E-state index is 11.5. The average molecular weight is 252 g/mol. The molecule has 0 spiro atoms. The van der Waals surface area contributed by atoms with Crippen molar-refractivity contribution in [2.24, 2.45) is 0 Å². The minimum Gasteiger partial charge on any atom is -0.450 e. The first-order valence-electron chi connectivity index (χ1n) is 6.43. The first-order valence-corrected chi connectivity index (χ1v) is 6.43. The van der Waals surface area contributed by atoms with E-state index in [9.17, 15) is 4.79 Å². The Morgan fingerprint density at radius 1 is 1.72 bits per heavy atom. The lowest BCUT2D eigenvalue weighted by Crippen LogP contribution is -2.36. The Morgan fingerprint density at radius 3 is 3.33 bits per heavy atom. The van der Waals surface area contributed by atoms with Crippen LogP contribution in [0.15, 0.2) is 12.4 Å². The highest BCUT2D eigenvalue weighted by molar-refractivity contribution is 5.68. The maximum atomic E-state index is 11.5. The van der Waals surface area contributed by atoms with Gasteiger partial charge in [-0.3, -0.25) is 0 Å². The molecular formula is C12H20N4O2. The quantitative estimate of drug-likeness (QED) is 0.812. The number of aromatic nitrogens is 2. The molecule has 1 atom stereocenters. The zero-order valence-electron chi connectivity index (χ0n) is 10.7. The second-order valence-corrected chi connectivity index (χ2v) is 4.37. The number of nitrogens with zero attached hydrogens (tertiary/aromatic N) is 2. The molecule has 0 radical (unpaired) electrons. The number of amides is 1. The predicted octanol–water partition coefficient (Wildman–Crippen LogP) is 0.773. The number of rotatable bonds is 5. The number of aromatic amines is 1. The topological polar surface area (TPSA) is 70.2 Å². The highest BCUT2D eigenvalue weighted by Gasteiger charge is 2.26. The van der Waals surface area contributed by atoms with Gasteiger partial charge in [-0.2, -0.15) is 0 Å². The second-order valence-electron chi connectivity index (χ2n) is 4.37. The standard InChI is InChI=1S/C12H20N4O2/c1-2-18-12(17)16-8-4-10(9-16)13-5-3-11-14-6-7-15-11/h6-7,10,13H,2-5,8-9H2,1H3,(H,14,15)/t10-/m0/s1. The first kappa shape index (κ1) is 12.9. The molecule has 0 unspecified atom stereocenters. The summed E-state index contributed by atoms with van der Waals surface area (Å²) in [5, 5.41) is 3.44. The van der Waals surface area contributed by atoms with Gasteiger partial charge in [0.15, 0.2) is 0 Å². The Labute approximate surface area is 107 Å². The molecule has 0 saturated carbocycles. The molecule has 2 heterocycles. The monoisotopic (exact) mass is 252 g/mol. The van der Waals surface area contributed by atoms with E-state index in [0.29, 0.717) is 12.6 Å². The molecule has 2 N–H and O–H groups in total. The van der Waals surface area contributed by atoms with Crippen LogP contribution >= 0.6 is 0 Å². The van der Waals surface area contributed by atoms with Gasteiger partial charge in [0, 0.05) is 44.5 Å². The van der Waals surface area contributed by atoms with Crippen LogP contribution in [0, 0.1) is 0 Å². The van der Waals surface area contributed by atoms with Gasteiger partial charge in [0.1, 0.15) is 5.82 Å². The van der Waals surface area contributed by atoms with Gasteiger partial charge in [-0.15, -0.1) is 0 Å². The van der Waals surface area contributed by atoms with Crippen molar-refractivity contribution in [1.82, 2.24) is 20.2 Å². The average Bonchev–Trinajstić information content (AvgIpc) is 3.00. The third kappa shape index (κ3) is 3.46. The summed E-state index contributed by atoms with van der Waals surface area (Å²) in [4.78, 5) is 20.5. The van der Waals surface area contributed by atoms with E-state index in [0.717, 1.165) is 38.3 Å². The molecule has 6 nitrogen and oxygen atoms in total. The third-order valence-corrected chi connectivity index (χ3v) is 3.06. The number of carbonyl (C=O) groups is 1. The van der Waals surface area contributed by atoms with Gasteiger partial charge in [-0.25, -0.2) is 9.78 Å². The number of carbonyl (C=O) groups excluding carboxylic acids is 1. The van der Waals surface area contributed by atoms with E-state index in [4.69, 9.17) is 4.74 Å². The molecule has 1 amide bonds. The molecule has 1 fully saturated rings. The summed E-state index contributed by atoms with van der Waals surface area (Å²) in [5.74, 6) is 0.989. The Morgan fingerprint density at radius 2 is 2.61 bits per heavy atom. The maximum Gasteiger partial charge on any atom is 0.409 e. The van der Waals surface area contributed by atoms with Crippen LogP contribution in [0.2, 0.25) is 0 Å². The van der Waals surface area contributed by atoms with Crippen molar-refractivity contribution in [2.75, 3.05) is 26.2 Å². The lowest BCUT2D eigenvalue weighted by atomic mass is 10.2. The molecule has 1 saturated heterocycles. The summed E-state index contributed by atoms with van der Waals surface area (Å²) in [6.45, 7) is 4.64. The van der Waals surface area contributed by atoms with Gasteiger partial charge in [0.05, 0.1) is 6.61 Å². The highest BCUT2D eigenvalue weighted by atomic mass is 16.6. The zero-order chi connectivity index (χ0) is 12.8. The Bertz CT molecular complexity index is 366. The van der Waals surface area contributed by atoms with E-state index in [1.54, 1.807) is 11.1 Å². The van der Waals surface area contributed by atoms with Crippen LogP contribution in [0.1, 0.15) is 19.2 Å². The van der Waals surface area contributed by atoms with Gasteiger partial charge in [0.25, 0.3) is 0 Å². The molecule has 18 heavy (non-hydrogen) atoms. The van der Waals surface area contributed by atoms with Gasteiger partial charge in [0.2, 0.25) is 0 Å². The van der Waals surface area contributed by atoms with Crippen LogP contribution in [0.5, 0.6) is 0 Å². The molecule has 1 aromatic heterocycles. The van der Waals surface area contributed by atoms with Gasteiger partial charge < -0.3 is 19.9 Å². The fraction of sp³-hybridized carbons (Fsp3) is 0.667. The Hall–Kier alpha value is -1.56. The number of nitrogens with one attached hydrogen (secondary N) is 2. The lowest BCUT2D eigenvalue weighted by molar-refractivity contribution is 0.115. The highest BCUT2D eigenvalue weighted by Crippen LogP contribution is 2.10. The third-order valence-electron chi connectivity index (χ3n) is 3.06. The molecule has 1 aliphatic rings. The van der Waals surface area contributed by atoms with Crippen molar-refractivity contribution in [3.63, 3.8) is 0 Å². The number of imidazole rings is 1. The SMILES string of the molecule is CCOC(=O)N1CC[C@H](NCCc2ncc[nH]2)C1. The molecule has 6 heteroatoms. The fourth-order valence-electron chi connectivity index (χ4n) is 2.14. The van der Waals surface area contributed by atoms with E-state index in [2.05, 4.69) is 15.3 Å². The molecule has 0 bridgehead atoms. The predicted molar refractivity (Wildman–Crippen MR) is 67.3 cm³/mol. The van der Waals surface area contributed by atoms with Crippen molar-refractivity contribution in [3.8, 4) is 0 Å². The summed E-state index contributed by atoms with van der Waals surface area (Å²) in [6, 6.07) is 0.365. The Balaban J connectivity index is 1.65. The van der Waals surface area contributed by atoms with Gasteiger partial charge in [-0.05, 0) is 13.3 Å². The van der Waals surface area contributed by atoms with Crippen LogP contribution in [-0.2, 0) is 11.2 Å². The van der Waals surface area contributed by atoms with E-state index >= 15 is 0 Å². The zero-order valence-corrected chi connectivity index (χ0v) is 10.7. The molecule has 0 aromatic carbocycles. The van der Waals surface area contributed by atoms with Crippen molar-refractivity contribution in [3.05, 3.63) is 18.2 Å². The summed E-state index contributed by atoms with van der Waals surface area (Å²) in [6.07, 6.45) is 5.24. The number of hydrogen-bond donors (Lipinski definition) is 2. The smallest absolute Gasteiger partial charge is 0.409 e. The van der Waals surface area contributed by atoms with Gasteiger partial charge in [-0.1, -0.05) is 0 Å². The van der Waals surface area contributed by atoms with Crippen molar-refractivity contribution in [2.45, 2.75) is 25.8 Å². The number of likely N-dealkylation sites (tertiary alicyclic amines) is 1. The molecule has 1 aromatic rings. The van der Waals surface area contributed by atoms with E-state index in [1.165, 1.54) is 0 Å².